The molecule has 2 N–H and O–H groups in total. The summed E-state index contributed by atoms with van der Waals surface area (Å²) in [7, 11) is -2.33. The molecule has 0 saturated carbocycles. The normalized spacial score (nSPS) is 12.9. The zero-order chi connectivity index (χ0) is 9.78. The summed E-state index contributed by atoms with van der Waals surface area (Å²) in [4.78, 5) is 0. The van der Waals surface area contributed by atoms with E-state index in [1.165, 1.54) is 0 Å². The summed E-state index contributed by atoms with van der Waals surface area (Å²) in [6, 6.07) is 0.522. The van der Waals surface area contributed by atoms with Crippen LogP contribution in [0.3, 0.4) is 0 Å². The molecule has 0 aromatic carbocycles. The summed E-state index contributed by atoms with van der Waals surface area (Å²) in [6.45, 7) is 8.00. The highest BCUT2D eigenvalue weighted by molar-refractivity contribution is 14.1. The topological polar surface area (TPSA) is 41.1 Å². The number of rotatable bonds is 5. The molecule has 0 aliphatic rings. The minimum atomic E-state index is -2.33. The van der Waals surface area contributed by atoms with Crippen LogP contribution in [0.5, 0.6) is 0 Å². The van der Waals surface area contributed by atoms with Gasteiger partial charge in [-0.05, 0) is 27.7 Å². The Balaban J connectivity index is 4.15. The molecule has 0 aromatic rings. The lowest BCUT2D eigenvalue weighted by Gasteiger charge is -2.22. The molecule has 0 aliphatic heterocycles. The molecule has 0 aromatic heterocycles. The van der Waals surface area contributed by atoms with Crippen molar-refractivity contribution < 1.29 is 4.57 Å². The summed E-state index contributed by atoms with van der Waals surface area (Å²) < 4.78 is 12.6. The third-order valence-corrected chi connectivity index (χ3v) is 6.19. The van der Waals surface area contributed by atoms with Gasteiger partial charge in [0.2, 0.25) is 7.44 Å². The Hall–Kier alpha value is 0.880. The third kappa shape index (κ3) is 5.51. The van der Waals surface area contributed by atoms with Crippen molar-refractivity contribution in [2.75, 3.05) is 4.17 Å². The number of hydrogen-bond acceptors (Lipinski definition) is 1. The van der Waals surface area contributed by atoms with E-state index in [2.05, 4.69) is 32.8 Å². The number of halogens is 1. The Morgan fingerprint density at radius 2 is 1.50 bits per heavy atom. The van der Waals surface area contributed by atoms with Gasteiger partial charge in [-0.3, -0.25) is 14.7 Å². The zero-order valence-corrected chi connectivity index (χ0v) is 11.1. The highest BCUT2D eigenvalue weighted by Gasteiger charge is 2.21. The lowest BCUT2D eigenvalue weighted by molar-refractivity contribution is 0.539. The van der Waals surface area contributed by atoms with Gasteiger partial charge in [-0.25, -0.2) is 0 Å². The molecule has 0 amide bonds. The van der Waals surface area contributed by atoms with Gasteiger partial charge in [-0.1, -0.05) is 22.6 Å². The van der Waals surface area contributed by atoms with E-state index in [1.54, 1.807) is 0 Å². The first-order valence-corrected chi connectivity index (χ1v) is 7.52. The summed E-state index contributed by atoms with van der Waals surface area (Å²) in [5.41, 5.74) is 0. The van der Waals surface area contributed by atoms with Gasteiger partial charge in [-0.2, -0.15) is 0 Å². The van der Waals surface area contributed by atoms with Crippen LogP contribution in [0.1, 0.15) is 27.7 Å². The molecule has 0 atom stereocenters. The first-order chi connectivity index (χ1) is 5.39. The second-order valence-corrected chi connectivity index (χ2v) is 7.71. The zero-order valence-electron chi connectivity index (χ0n) is 8.10. The molecule has 74 valence electrons. The van der Waals surface area contributed by atoms with Crippen molar-refractivity contribution in [2.45, 2.75) is 39.8 Å². The van der Waals surface area contributed by atoms with E-state index in [0.29, 0.717) is 4.17 Å². The van der Waals surface area contributed by atoms with Crippen LogP contribution in [-0.4, -0.2) is 16.3 Å². The molecule has 5 heteroatoms. The van der Waals surface area contributed by atoms with Crippen LogP contribution in [-0.2, 0) is 4.57 Å². The fourth-order valence-corrected chi connectivity index (χ4v) is 4.00. The highest BCUT2D eigenvalue weighted by Crippen LogP contribution is 2.39. The lowest BCUT2D eigenvalue weighted by Crippen LogP contribution is -2.31. The van der Waals surface area contributed by atoms with E-state index in [4.69, 9.17) is 0 Å². The largest absolute Gasteiger partial charge is 0.288 e. The molecule has 0 aliphatic carbocycles. The summed E-state index contributed by atoms with van der Waals surface area (Å²) in [5.74, 6) is 0. The Morgan fingerprint density at radius 1 is 1.17 bits per heavy atom. The minimum Gasteiger partial charge on any atom is -0.288 e. The van der Waals surface area contributed by atoms with E-state index in [-0.39, 0.29) is 12.1 Å². The van der Waals surface area contributed by atoms with Crippen LogP contribution in [0.2, 0.25) is 0 Å². The molecule has 0 saturated heterocycles. The standard InChI is InChI=1S/C7H18IN2OP/c1-6(2)9-12(11,5-8)10-7(3)4/h6-7H,5H2,1-4H3,(H2,9,10,11). The van der Waals surface area contributed by atoms with E-state index in [9.17, 15) is 4.57 Å². The molecule has 0 heterocycles. The SMILES string of the molecule is CC(C)NP(=O)(CI)NC(C)C. The van der Waals surface area contributed by atoms with Gasteiger partial charge in [0, 0.05) is 12.1 Å². The number of nitrogens with one attached hydrogen (secondary N) is 2. The molecule has 0 rings (SSSR count). The van der Waals surface area contributed by atoms with Gasteiger partial charge in [0.1, 0.15) is 0 Å². The minimum absolute atomic E-state index is 0.261. The van der Waals surface area contributed by atoms with E-state index < -0.39 is 7.44 Å². The molecule has 0 fully saturated rings. The molecule has 12 heavy (non-hydrogen) atoms. The molecular formula is C7H18IN2OP. The second-order valence-electron chi connectivity index (χ2n) is 3.43. The first kappa shape index (κ1) is 12.9. The summed E-state index contributed by atoms with van der Waals surface area (Å²) in [6.07, 6.45) is 0. The Morgan fingerprint density at radius 3 is 1.67 bits per heavy atom. The fourth-order valence-electron chi connectivity index (χ4n) is 0.940. The van der Waals surface area contributed by atoms with Crippen LogP contribution in [0.4, 0.5) is 0 Å². The van der Waals surface area contributed by atoms with Gasteiger partial charge in [0.05, 0.1) is 4.17 Å². The monoisotopic (exact) mass is 304 g/mol. The van der Waals surface area contributed by atoms with Crippen molar-refractivity contribution in [3.05, 3.63) is 0 Å². The van der Waals surface area contributed by atoms with Crippen LogP contribution >= 0.6 is 30.0 Å². The maximum Gasteiger partial charge on any atom is 0.221 e. The first-order valence-electron chi connectivity index (χ1n) is 4.10. The van der Waals surface area contributed by atoms with Gasteiger partial charge in [-0.15, -0.1) is 0 Å². The quantitative estimate of drug-likeness (QED) is 0.466. The van der Waals surface area contributed by atoms with Crippen molar-refractivity contribution in [1.82, 2.24) is 10.2 Å². The summed E-state index contributed by atoms with van der Waals surface area (Å²) in [5, 5.41) is 6.15. The van der Waals surface area contributed by atoms with Crippen LogP contribution in [0.25, 0.3) is 0 Å². The summed E-state index contributed by atoms with van der Waals surface area (Å²) >= 11 is 2.14. The van der Waals surface area contributed by atoms with Crippen molar-refractivity contribution in [3.8, 4) is 0 Å². The average Bonchev–Trinajstić information content (AvgIpc) is 1.83. The van der Waals surface area contributed by atoms with E-state index in [1.807, 2.05) is 27.7 Å². The molecular weight excluding hydrogens is 286 g/mol. The van der Waals surface area contributed by atoms with Crippen molar-refractivity contribution in [2.24, 2.45) is 0 Å². The molecule has 0 radical (unpaired) electrons. The molecule has 0 spiro atoms. The molecule has 0 bridgehead atoms. The molecule has 0 unspecified atom stereocenters. The van der Waals surface area contributed by atoms with Gasteiger partial charge in [0.15, 0.2) is 0 Å². The average molecular weight is 304 g/mol. The second kappa shape index (κ2) is 5.58. The molecule has 3 nitrogen and oxygen atoms in total. The third-order valence-electron chi connectivity index (χ3n) is 1.10. The Bertz CT molecular complexity index is 159. The Kier molecular flexibility index (Phi) is 5.99. The van der Waals surface area contributed by atoms with Crippen LogP contribution < -0.4 is 10.2 Å². The maximum absolute atomic E-state index is 12.0. The van der Waals surface area contributed by atoms with Gasteiger partial charge >= 0.3 is 0 Å². The maximum atomic E-state index is 12.0. The smallest absolute Gasteiger partial charge is 0.221 e. The van der Waals surface area contributed by atoms with Gasteiger partial charge in [0.25, 0.3) is 0 Å². The number of alkyl halides is 1. The highest BCUT2D eigenvalue weighted by atomic mass is 127. The van der Waals surface area contributed by atoms with Crippen molar-refractivity contribution >= 4 is 30.0 Å². The van der Waals surface area contributed by atoms with E-state index in [0.717, 1.165) is 0 Å². The van der Waals surface area contributed by atoms with Gasteiger partial charge < -0.3 is 0 Å². The fraction of sp³-hybridized carbons (Fsp3) is 1.00. The number of hydrogen-bond donors (Lipinski definition) is 2. The lowest BCUT2D eigenvalue weighted by atomic mass is 10.4. The van der Waals surface area contributed by atoms with Crippen LogP contribution in [0, 0.1) is 0 Å². The Labute approximate surface area is 88.7 Å². The predicted octanol–water partition coefficient (Wildman–Crippen LogP) is 2.57. The van der Waals surface area contributed by atoms with Crippen molar-refractivity contribution in [3.63, 3.8) is 0 Å². The predicted molar refractivity (Wildman–Crippen MR) is 63.0 cm³/mol. The van der Waals surface area contributed by atoms with Crippen molar-refractivity contribution in [1.29, 1.82) is 0 Å². The van der Waals surface area contributed by atoms with Crippen LogP contribution in [0.15, 0.2) is 0 Å². The van der Waals surface area contributed by atoms with E-state index >= 15 is 0 Å².